The first-order chi connectivity index (χ1) is 9.48. The van der Waals surface area contributed by atoms with Crippen LogP contribution < -0.4 is 4.74 Å². The molecule has 1 aromatic rings. The van der Waals surface area contributed by atoms with Crippen molar-refractivity contribution >= 4 is 27.5 Å². The van der Waals surface area contributed by atoms with Gasteiger partial charge in [-0.05, 0) is 48.3 Å². The van der Waals surface area contributed by atoms with E-state index in [0.29, 0.717) is 15.3 Å². The molecule has 1 unspecified atom stereocenters. The maximum absolute atomic E-state index is 6.29. The summed E-state index contributed by atoms with van der Waals surface area (Å²) in [5.41, 5.74) is 1.66. The van der Waals surface area contributed by atoms with Gasteiger partial charge in [0.25, 0.3) is 0 Å². The highest BCUT2D eigenvalue weighted by Gasteiger charge is 2.41. The molecule has 112 valence electrons. The summed E-state index contributed by atoms with van der Waals surface area (Å²) in [6.07, 6.45) is 6.58. The molecule has 1 atom stereocenters. The minimum absolute atomic E-state index is 0.378. The molecule has 1 aliphatic rings. The minimum atomic E-state index is 0.378. The van der Waals surface area contributed by atoms with Gasteiger partial charge in [-0.3, -0.25) is 0 Å². The third-order valence-corrected chi connectivity index (χ3v) is 6.22. The monoisotopic (exact) mass is 358 g/mol. The third kappa shape index (κ3) is 3.33. The number of methoxy groups -OCH3 is 1. The van der Waals surface area contributed by atoms with Gasteiger partial charge in [0.15, 0.2) is 0 Å². The maximum Gasteiger partial charge on any atom is 0.137 e. The standard InChI is InChI=1S/C17H24BrClO/c1-12(2)11-17(8-4-5-9-17)16(18)13-6-7-15(20-3)14(19)10-13/h6-7,10,12,16H,4-5,8-9,11H2,1-3H3. The Labute approximate surface area is 136 Å². The molecular weight excluding hydrogens is 336 g/mol. The molecule has 0 amide bonds. The van der Waals surface area contributed by atoms with Crippen molar-refractivity contribution in [2.24, 2.45) is 11.3 Å². The summed E-state index contributed by atoms with van der Waals surface area (Å²) in [5.74, 6) is 1.47. The number of ether oxygens (including phenoxy) is 1. The van der Waals surface area contributed by atoms with E-state index in [9.17, 15) is 0 Å². The Morgan fingerprint density at radius 3 is 2.45 bits per heavy atom. The summed E-state index contributed by atoms with van der Waals surface area (Å²) in [7, 11) is 1.66. The topological polar surface area (TPSA) is 9.23 Å². The summed E-state index contributed by atoms with van der Waals surface area (Å²) >= 11 is 10.3. The second-order valence-electron chi connectivity index (χ2n) is 6.42. The Kier molecular flexibility index (Phi) is 5.42. The number of hydrogen-bond acceptors (Lipinski definition) is 1. The van der Waals surface area contributed by atoms with E-state index < -0.39 is 0 Å². The lowest BCUT2D eigenvalue weighted by Crippen LogP contribution is -2.24. The normalized spacial score (nSPS) is 19.3. The van der Waals surface area contributed by atoms with Crippen LogP contribution in [0.4, 0.5) is 0 Å². The first-order valence-corrected chi connectivity index (χ1v) is 8.75. The van der Waals surface area contributed by atoms with Crippen LogP contribution >= 0.6 is 27.5 Å². The Hall–Kier alpha value is -0.210. The van der Waals surface area contributed by atoms with Gasteiger partial charge in [-0.2, -0.15) is 0 Å². The van der Waals surface area contributed by atoms with Gasteiger partial charge >= 0.3 is 0 Å². The van der Waals surface area contributed by atoms with Gasteiger partial charge in [0.1, 0.15) is 5.75 Å². The van der Waals surface area contributed by atoms with Crippen LogP contribution in [0.1, 0.15) is 56.3 Å². The molecule has 1 aliphatic carbocycles. The van der Waals surface area contributed by atoms with Crippen LogP contribution in [-0.2, 0) is 0 Å². The molecule has 1 aromatic carbocycles. The Balaban J connectivity index is 2.27. The number of rotatable bonds is 5. The second kappa shape index (κ2) is 6.70. The zero-order valence-corrected chi connectivity index (χ0v) is 14.9. The van der Waals surface area contributed by atoms with Gasteiger partial charge in [-0.1, -0.05) is 60.3 Å². The van der Waals surface area contributed by atoms with Crippen LogP contribution in [0.3, 0.4) is 0 Å². The summed E-state index contributed by atoms with van der Waals surface area (Å²) in [6, 6.07) is 6.18. The van der Waals surface area contributed by atoms with Crippen molar-refractivity contribution in [1.29, 1.82) is 0 Å². The summed E-state index contributed by atoms with van der Waals surface area (Å²) in [6.45, 7) is 4.64. The van der Waals surface area contributed by atoms with Crippen LogP contribution in [0.15, 0.2) is 18.2 Å². The lowest BCUT2D eigenvalue weighted by molar-refractivity contribution is 0.230. The van der Waals surface area contributed by atoms with Gasteiger partial charge < -0.3 is 4.74 Å². The molecule has 0 aromatic heterocycles. The predicted molar refractivity (Wildman–Crippen MR) is 90.0 cm³/mol. The number of benzene rings is 1. The van der Waals surface area contributed by atoms with E-state index in [1.807, 2.05) is 6.07 Å². The zero-order chi connectivity index (χ0) is 14.8. The summed E-state index contributed by atoms with van der Waals surface area (Å²) in [4.78, 5) is 0.378. The fraction of sp³-hybridized carbons (Fsp3) is 0.647. The predicted octanol–water partition coefficient (Wildman–Crippen LogP) is 6.39. The Morgan fingerprint density at radius 1 is 1.30 bits per heavy atom. The van der Waals surface area contributed by atoms with Crippen LogP contribution in [0.5, 0.6) is 5.75 Å². The largest absolute Gasteiger partial charge is 0.495 e. The molecule has 0 N–H and O–H groups in total. The SMILES string of the molecule is COc1ccc(C(Br)C2(CC(C)C)CCCC2)cc1Cl. The fourth-order valence-corrected chi connectivity index (χ4v) is 4.84. The van der Waals surface area contributed by atoms with Gasteiger partial charge in [0.05, 0.1) is 12.1 Å². The van der Waals surface area contributed by atoms with Crippen LogP contribution in [0.2, 0.25) is 5.02 Å². The molecule has 3 heteroatoms. The molecular formula is C17H24BrClO. The van der Waals surface area contributed by atoms with Gasteiger partial charge in [-0.15, -0.1) is 0 Å². The number of hydrogen-bond donors (Lipinski definition) is 0. The van der Waals surface area contributed by atoms with Gasteiger partial charge in [0, 0.05) is 4.83 Å². The van der Waals surface area contributed by atoms with Crippen LogP contribution in [0.25, 0.3) is 0 Å². The van der Waals surface area contributed by atoms with Crippen molar-refractivity contribution in [3.8, 4) is 5.75 Å². The highest BCUT2D eigenvalue weighted by molar-refractivity contribution is 9.09. The van der Waals surface area contributed by atoms with E-state index in [0.717, 1.165) is 11.7 Å². The van der Waals surface area contributed by atoms with Crippen molar-refractivity contribution in [1.82, 2.24) is 0 Å². The molecule has 0 aliphatic heterocycles. The molecule has 2 rings (SSSR count). The molecule has 0 bridgehead atoms. The van der Waals surface area contributed by atoms with Crippen molar-refractivity contribution in [2.75, 3.05) is 7.11 Å². The lowest BCUT2D eigenvalue weighted by atomic mass is 9.74. The maximum atomic E-state index is 6.29. The molecule has 1 fully saturated rings. The molecule has 1 nitrogen and oxygen atoms in total. The average Bonchev–Trinajstić information content (AvgIpc) is 2.86. The molecule has 20 heavy (non-hydrogen) atoms. The molecule has 0 radical (unpaired) electrons. The highest BCUT2D eigenvalue weighted by atomic mass is 79.9. The summed E-state index contributed by atoms with van der Waals surface area (Å²) in [5, 5.41) is 0.701. The number of alkyl halides is 1. The number of halogens is 2. The Bertz CT molecular complexity index is 452. The van der Waals surface area contributed by atoms with E-state index in [1.54, 1.807) is 7.11 Å². The van der Waals surface area contributed by atoms with Crippen LogP contribution in [0, 0.1) is 11.3 Å². The van der Waals surface area contributed by atoms with E-state index in [1.165, 1.54) is 37.7 Å². The van der Waals surface area contributed by atoms with Gasteiger partial charge in [-0.25, -0.2) is 0 Å². The van der Waals surface area contributed by atoms with Crippen molar-refractivity contribution in [3.05, 3.63) is 28.8 Å². The van der Waals surface area contributed by atoms with Crippen molar-refractivity contribution < 1.29 is 4.74 Å². The van der Waals surface area contributed by atoms with E-state index >= 15 is 0 Å². The molecule has 0 heterocycles. The summed E-state index contributed by atoms with van der Waals surface area (Å²) < 4.78 is 5.25. The lowest BCUT2D eigenvalue weighted by Gasteiger charge is -2.36. The fourth-order valence-electron chi connectivity index (χ4n) is 3.65. The van der Waals surface area contributed by atoms with Crippen LogP contribution in [-0.4, -0.2) is 7.11 Å². The second-order valence-corrected chi connectivity index (χ2v) is 7.75. The molecule has 0 spiro atoms. The highest BCUT2D eigenvalue weighted by Crippen LogP contribution is 2.55. The van der Waals surface area contributed by atoms with Gasteiger partial charge in [0.2, 0.25) is 0 Å². The van der Waals surface area contributed by atoms with E-state index in [4.69, 9.17) is 16.3 Å². The first-order valence-electron chi connectivity index (χ1n) is 7.46. The van der Waals surface area contributed by atoms with Crippen molar-refractivity contribution in [2.45, 2.75) is 50.8 Å². The van der Waals surface area contributed by atoms with E-state index in [-0.39, 0.29) is 0 Å². The third-order valence-electron chi connectivity index (χ3n) is 4.42. The average molecular weight is 360 g/mol. The smallest absolute Gasteiger partial charge is 0.137 e. The van der Waals surface area contributed by atoms with Crippen molar-refractivity contribution in [3.63, 3.8) is 0 Å². The Morgan fingerprint density at radius 2 is 1.95 bits per heavy atom. The minimum Gasteiger partial charge on any atom is -0.495 e. The molecule has 1 saturated carbocycles. The zero-order valence-electron chi connectivity index (χ0n) is 12.6. The first kappa shape index (κ1) is 16.2. The quantitative estimate of drug-likeness (QED) is 0.553. The molecule has 0 saturated heterocycles. The van der Waals surface area contributed by atoms with E-state index in [2.05, 4.69) is 41.9 Å².